The largest absolute Gasteiger partial charge is 0.465 e. The van der Waals surface area contributed by atoms with Crippen LogP contribution in [-0.2, 0) is 16.6 Å². The Morgan fingerprint density at radius 2 is 2.18 bits per heavy atom. The van der Waals surface area contributed by atoms with E-state index in [-0.39, 0.29) is 11.7 Å². The monoisotopic (exact) mass is 319 g/mol. The van der Waals surface area contributed by atoms with E-state index < -0.39 is 5.97 Å². The summed E-state index contributed by atoms with van der Waals surface area (Å²) in [6.45, 7) is 1.86. The van der Waals surface area contributed by atoms with E-state index in [9.17, 15) is 9.59 Å². The van der Waals surface area contributed by atoms with E-state index in [1.807, 2.05) is 24.7 Å². The molecule has 0 bridgehead atoms. The van der Waals surface area contributed by atoms with Gasteiger partial charge < -0.3 is 14.6 Å². The summed E-state index contributed by atoms with van der Waals surface area (Å²) in [5.41, 5.74) is 1.89. The van der Waals surface area contributed by atoms with E-state index in [0.717, 1.165) is 10.7 Å². The summed E-state index contributed by atoms with van der Waals surface area (Å²) < 4.78 is 6.53. The van der Waals surface area contributed by atoms with Crippen LogP contribution in [0.2, 0.25) is 0 Å². The summed E-state index contributed by atoms with van der Waals surface area (Å²) in [4.78, 5) is 27.7. The average Bonchev–Trinajstić information content (AvgIpc) is 2.92. The van der Waals surface area contributed by atoms with Gasteiger partial charge >= 0.3 is 5.97 Å². The number of anilines is 1. The number of nitrogens with zero attached hydrogens (tertiary/aromatic N) is 2. The fraction of sp³-hybridized carbons (Fsp3) is 0.267. The number of methoxy groups -OCH3 is 1. The van der Waals surface area contributed by atoms with Gasteiger partial charge in [0, 0.05) is 25.1 Å². The summed E-state index contributed by atoms with van der Waals surface area (Å²) in [5, 5.41) is 3.58. The predicted molar refractivity (Wildman–Crippen MR) is 85.1 cm³/mol. The number of imidazole rings is 1. The molecule has 0 radical (unpaired) electrons. The molecule has 0 aliphatic carbocycles. The Hall–Kier alpha value is -2.28. The van der Waals surface area contributed by atoms with Crippen LogP contribution in [0.5, 0.6) is 0 Å². The number of aromatic nitrogens is 2. The van der Waals surface area contributed by atoms with Crippen molar-refractivity contribution in [2.24, 2.45) is 7.05 Å². The van der Waals surface area contributed by atoms with E-state index in [2.05, 4.69) is 15.0 Å². The number of hydrogen-bond donors (Lipinski definition) is 1. The van der Waals surface area contributed by atoms with Gasteiger partial charge in [0.2, 0.25) is 5.91 Å². The zero-order chi connectivity index (χ0) is 16.1. The minimum atomic E-state index is -0.433. The van der Waals surface area contributed by atoms with Gasteiger partial charge in [-0.3, -0.25) is 4.79 Å². The molecule has 0 unspecified atom stereocenters. The number of benzene rings is 1. The smallest absolute Gasteiger partial charge is 0.337 e. The Balaban J connectivity index is 2.01. The lowest BCUT2D eigenvalue weighted by Gasteiger charge is -2.10. The number of ether oxygens (including phenoxy) is 1. The summed E-state index contributed by atoms with van der Waals surface area (Å²) in [6, 6.07) is 5.05. The highest BCUT2D eigenvalue weighted by atomic mass is 32.2. The molecule has 2 aromatic rings. The third-order valence-corrected chi connectivity index (χ3v) is 4.10. The summed E-state index contributed by atoms with van der Waals surface area (Å²) in [6.07, 6.45) is 3.51. The lowest BCUT2D eigenvalue weighted by Crippen LogP contribution is -2.16. The lowest BCUT2D eigenvalue weighted by molar-refractivity contribution is -0.113. The van der Waals surface area contributed by atoms with Crippen molar-refractivity contribution >= 4 is 29.3 Å². The zero-order valence-electron chi connectivity index (χ0n) is 12.6. The first-order chi connectivity index (χ1) is 10.5. The average molecular weight is 319 g/mol. The van der Waals surface area contributed by atoms with Crippen LogP contribution in [0.3, 0.4) is 0 Å². The molecule has 22 heavy (non-hydrogen) atoms. The van der Waals surface area contributed by atoms with Crippen molar-refractivity contribution in [2.45, 2.75) is 12.1 Å². The molecule has 0 atom stereocenters. The molecular formula is C15H17N3O3S. The number of hydrogen-bond acceptors (Lipinski definition) is 5. The molecule has 1 aromatic heterocycles. The van der Waals surface area contributed by atoms with Gasteiger partial charge in [-0.15, -0.1) is 0 Å². The second-order valence-corrected chi connectivity index (χ2v) is 5.62. The van der Waals surface area contributed by atoms with Crippen molar-refractivity contribution in [1.29, 1.82) is 0 Å². The highest BCUT2D eigenvalue weighted by Crippen LogP contribution is 2.19. The molecule has 7 heteroatoms. The molecule has 0 spiro atoms. The molecule has 2 rings (SSSR count). The van der Waals surface area contributed by atoms with Crippen molar-refractivity contribution in [3.63, 3.8) is 0 Å². The number of thioether (sulfide) groups is 1. The van der Waals surface area contributed by atoms with Gasteiger partial charge in [-0.2, -0.15) is 0 Å². The highest BCUT2D eigenvalue weighted by Gasteiger charge is 2.11. The Bertz CT molecular complexity index is 697. The Morgan fingerprint density at radius 1 is 1.41 bits per heavy atom. The van der Waals surface area contributed by atoms with Crippen LogP contribution in [0.15, 0.2) is 35.7 Å². The van der Waals surface area contributed by atoms with Crippen LogP contribution in [0, 0.1) is 6.92 Å². The van der Waals surface area contributed by atoms with Crippen molar-refractivity contribution in [3.05, 3.63) is 41.7 Å². The molecule has 1 N–H and O–H groups in total. The van der Waals surface area contributed by atoms with Gasteiger partial charge in [0.25, 0.3) is 0 Å². The molecule has 6 nitrogen and oxygen atoms in total. The number of carbonyl (C=O) groups excluding carboxylic acids is 2. The molecule has 1 aromatic carbocycles. The number of nitrogens with one attached hydrogen (secondary N) is 1. The molecule has 0 saturated carbocycles. The minimum absolute atomic E-state index is 0.155. The van der Waals surface area contributed by atoms with Crippen molar-refractivity contribution in [1.82, 2.24) is 9.55 Å². The fourth-order valence-corrected chi connectivity index (χ4v) is 2.54. The van der Waals surface area contributed by atoms with Crippen molar-refractivity contribution in [2.75, 3.05) is 18.2 Å². The molecule has 0 saturated heterocycles. The summed E-state index contributed by atoms with van der Waals surface area (Å²) in [5.74, 6) is -0.344. The van der Waals surface area contributed by atoms with Gasteiger partial charge in [-0.1, -0.05) is 17.8 Å². The van der Waals surface area contributed by atoms with Gasteiger partial charge in [-0.05, 0) is 24.6 Å². The van der Waals surface area contributed by atoms with E-state index in [1.54, 1.807) is 24.4 Å². The first-order valence-corrected chi connectivity index (χ1v) is 7.58. The Kier molecular flexibility index (Phi) is 5.21. The predicted octanol–water partition coefficient (Wildman–Crippen LogP) is 2.25. The van der Waals surface area contributed by atoms with Crippen LogP contribution in [-0.4, -0.2) is 34.3 Å². The van der Waals surface area contributed by atoms with Crippen LogP contribution < -0.4 is 5.32 Å². The molecule has 0 fully saturated rings. The third kappa shape index (κ3) is 3.88. The summed E-state index contributed by atoms with van der Waals surface area (Å²) in [7, 11) is 3.20. The van der Waals surface area contributed by atoms with Crippen LogP contribution in [0.25, 0.3) is 0 Å². The normalized spacial score (nSPS) is 10.3. The second-order valence-electron chi connectivity index (χ2n) is 4.68. The van der Waals surface area contributed by atoms with Crippen molar-refractivity contribution in [3.8, 4) is 0 Å². The van der Waals surface area contributed by atoms with Crippen LogP contribution in [0.1, 0.15) is 15.9 Å². The molecule has 1 heterocycles. The Morgan fingerprint density at radius 3 is 2.82 bits per heavy atom. The second kappa shape index (κ2) is 7.13. The quantitative estimate of drug-likeness (QED) is 0.676. The van der Waals surface area contributed by atoms with Gasteiger partial charge in [0.1, 0.15) is 0 Å². The van der Waals surface area contributed by atoms with Crippen LogP contribution >= 0.6 is 11.8 Å². The van der Waals surface area contributed by atoms with Crippen molar-refractivity contribution < 1.29 is 14.3 Å². The maximum atomic E-state index is 12.0. The number of esters is 1. The lowest BCUT2D eigenvalue weighted by atomic mass is 10.1. The highest BCUT2D eigenvalue weighted by molar-refractivity contribution is 7.99. The molecule has 116 valence electrons. The first-order valence-electron chi connectivity index (χ1n) is 6.60. The van der Waals surface area contributed by atoms with Gasteiger partial charge in [-0.25, -0.2) is 9.78 Å². The Labute approximate surface area is 132 Å². The minimum Gasteiger partial charge on any atom is -0.465 e. The molecule has 0 aliphatic heterocycles. The fourth-order valence-electron chi connectivity index (χ4n) is 1.81. The topological polar surface area (TPSA) is 73.2 Å². The van der Waals surface area contributed by atoms with E-state index >= 15 is 0 Å². The van der Waals surface area contributed by atoms with Crippen LogP contribution in [0.4, 0.5) is 5.69 Å². The van der Waals surface area contributed by atoms with E-state index in [1.165, 1.54) is 18.9 Å². The molecule has 1 amide bonds. The van der Waals surface area contributed by atoms with Gasteiger partial charge in [0.15, 0.2) is 5.16 Å². The molecular weight excluding hydrogens is 302 g/mol. The van der Waals surface area contributed by atoms with E-state index in [4.69, 9.17) is 0 Å². The maximum Gasteiger partial charge on any atom is 0.337 e. The number of aryl methyl sites for hydroxylation is 2. The third-order valence-electron chi connectivity index (χ3n) is 3.04. The first kappa shape index (κ1) is 16.1. The summed E-state index contributed by atoms with van der Waals surface area (Å²) >= 11 is 1.35. The number of carbonyl (C=O) groups is 2. The van der Waals surface area contributed by atoms with E-state index in [0.29, 0.717) is 11.3 Å². The molecule has 0 aliphatic rings. The zero-order valence-corrected chi connectivity index (χ0v) is 13.4. The maximum absolute atomic E-state index is 12.0. The number of amides is 1. The number of rotatable bonds is 5. The SMILES string of the molecule is COC(=O)c1ccc(C)c(NC(=O)CSc2nccn2C)c1. The van der Waals surface area contributed by atoms with Gasteiger partial charge in [0.05, 0.1) is 18.4 Å². The standard InChI is InChI=1S/C15H17N3O3S/c1-10-4-5-11(14(20)21-3)8-12(10)17-13(19)9-22-15-16-6-7-18(15)2/h4-8H,9H2,1-3H3,(H,17,19).